The molecule has 0 unspecified atom stereocenters. The highest BCUT2D eigenvalue weighted by molar-refractivity contribution is 7.89. The molecule has 0 radical (unpaired) electrons. The molecule has 0 aliphatic heterocycles. The number of sulfonamides is 1. The van der Waals surface area contributed by atoms with Crippen molar-refractivity contribution in [2.75, 3.05) is 20.8 Å². The zero-order valence-electron chi connectivity index (χ0n) is 13.4. The first kappa shape index (κ1) is 18.1. The van der Waals surface area contributed by atoms with Crippen molar-refractivity contribution in [3.05, 3.63) is 52.2 Å². The predicted octanol–water partition coefficient (Wildman–Crippen LogP) is 2.87. The van der Waals surface area contributed by atoms with Gasteiger partial charge in [0.1, 0.15) is 0 Å². The summed E-state index contributed by atoms with van der Waals surface area (Å²) in [5.41, 5.74) is 1.96. The van der Waals surface area contributed by atoms with E-state index in [-0.39, 0.29) is 18.0 Å². The van der Waals surface area contributed by atoms with E-state index in [0.29, 0.717) is 0 Å². The number of hydrogen-bond acceptors (Lipinski definition) is 5. The van der Waals surface area contributed by atoms with Gasteiger partial charge < -0.3 is 9.47 Å². The van der Waals surface area contributed by atoms with E-state index >= 15 is 0 Å². The third-order valence-corrected chi connectivity index (χ3v) is 6.03. The molecular formula is C16H21NO4S2. The summed E-state index contributed by atoms with van der Waals surface area (Å²) in [7, 11) is -0.640. The van der Waals surface area contributed by atoms with Crippen LogP contribution in [0.15, 0.2) is 46.0 Å². The third kappa shape index (κ3) is 4.62. The van der Waals surface area contributed by atoms with Crippen LogP contribution in [0, 0.1) is 6.92 Å². The summed E-state index contributed by atoms with van der Waals surface area (Å²) in [6.45, 7) is 2.33. The Morgan fingerprint density at radius 1 is 1.13 bits per heavy atom. The van der Waals surface area contributed by atoms with Gasteiger partial charge in [0.2, 0.25) is 10.0 Å². The summed E-state index contributed by atoms with van der Waals surface area (Å²) in [6.07, 6.45) is -0.617. The number of thiophene rings is 1. The molecule has 2 aromatic rings. The van der Waals surface area contributed by atoms with Crippen molar-refractivity contribution < 1.29 is 17.9 Å². The van der Waals surface area contributed by atoms with Crippen molar-refractivity contribution in [2.24, 2.45) is 0 Å². The molecule has 1 aromatic heterocycles. The molecule has 126 valence electrons. The molecule has 0 aliphatic rings. The second-order valence-electron chi connectivity index (χ2n) is 5.14. The van der Waals surface area contributed by atoms with Crippen molar-refractivity contribution in [2.45, 2.75) is 24.7 Å². The first-order valence-electron chi connectivity index (χ1n) is 7.11. The number of nitrogens with zero attached hydrogens (tertiary/aromatic N) is 1. The topological polar surface area (TPSA) is 55.8 Å². The first-order valence-corrected chi connectivity index (χ1v) is 9.49. The summed E-state index contributed by atoms with van der Waals surface area (Å²) in [6, 6.07) is 8.75. The Bertz CT molecular complexity index is 692. The van der Waals surface area contributed by atoms with Gasteiger partial charge in [-0.2, -0.15) is 15.6 Å². The SMILES string of the molecule is COC(CN(Cc1ccsc1)S(=O)(=O)c1ccc(C)cc1)OC. The molecule has 23 heavy (non-hydrogen) atoms. The quantitative estimate of drug-likeness (QED) is 0.683. The summed E-state index contributed by atoms with van der Waals surface area (Å²) < 4.78 is 37.6. The van der Waals surface area contributed by atoms with Crippen molar-refractivity contribution in [1.82, 2.24) is 4.31 Å². The minimum Gasteiger partial charge on any atom is -0.354 e. The number of hydrogen-bond donors (Lipinski definition) is 0. The van der Waals surface area contributed by atoms with Crippen LogP contribution >= 0.6 is 11.3 Å². The number of rotatable bonds is 8. The van der Waals surface area contributed by atoms with Gasteiger partial charge in [-0.05, 0) is 41.4 Å². The number of ether oxygens (including phenoxy) is 2. The molecule has 0 N–H and O–H groups in total. The highest BCUT2D eigenvalue weighted by atomic mass is 32.2. The second-order valence-corrected chi connectivity index (χ2v) is 7.86. The molecular weight excluding hydrogens is 334 g/mol. The molecule has 0 saturated heterocycles. The maximum Gasteiger partial charge on any atom is 0.243 e. The van der Waals surface area contributed by atoms with Crippen LogP contribution in [0.4, 0.5) is 0 Å². The third-order valence-electron chi connectivity index (χ3n) is 3.48. The lowest BCUT2D eigenvalue weighted by Crippen LogP contribution is -2.38. The molecule has 0 aliphatic carbocycles. The van der Waals surface area contributed by atoms with E-state index in [0.717, 1.165) is 11.1 Å². The molecule has 0 atom stereocenters. The average Bonchev–Trinajstić information content (AvgIpc) is 3.04. The molecule has 0 fully saturated rings. The van der Waals surface area contributed by atoms with Gasteiger partial charge >= 0.3 is 0 Å². The van der Waals surface area contributed by atoms with Gasteiger partial charge in [0.05, 0.1) is 11.4 Å². The van der Waals surface area contributed by atoms with Gasteiger partial charge in [-0.1, -0.05) is 17.7 Å². The van der Waals surface area contributed by atoms with Gasteiger partial charge in [-0.25, -0.2) is 8.42 Å². The van der Waals surface area contributed by atoms with Crippen molar-refractivity contribution in [3.8, 4) is 0 Å². The fraction of sp³-hybridized carbons (Fsp3) is 0.375. The minimum atomic E-state index is -3.63. The van der Waals surface area contributed by atoms with Crippen LogP contribution in [-0.4, -0.2) is 39.8 Å². The normalized spacial score (nSPS) is 12.2. The van der Waals surface area contributed by atoms with Gasteiger partial charge in [0.15, 0.2) is 6.29 Å². The summed E-state index contributed by atoms with van der Waals surface area (Å²) in [5.74, 6) is 0. The molecule has 5 nitrogen and oxygen atoms in total. The number of aryl methyl sites for hydroxylation is 1. The van der Waals surface area contributed by atoms with Crippen molar-refractivity contribution in [1.29, 1.82) is 0 Å². The van der Waals surface area contributed by atoms with Crippen molar-refractivity contribution in [3.63, 3.8) is 0 Å². The average molecular weight is 355 g/mol. The lowest BCUT2D eigenvalue weighted by molar-refractivity contribution is -0.108. The molecule has 0 spiro atoms. The van der Waals surface area contributed by atoms with Gasteiger partial charge in [0.25, 0.3) is 0 Å². The largest absolute Gasteiger partial charge is 0.354 e. The highest BCUT2D eigenvalue weighted by Crippen LogP contribution is 2.21. The zero-order valence-corrected chi connectivity index (χ0v) is 15.1. The Balaban J connectivity index is 2.32. The van der Waals surface area contributed by atoms with Crippen LogP contribution in [0.2, 0.25) is 0 Å². The van der Waals surface area contributed by atoms with E-state index in [1.165, 1.54) is 29.9 Å². The number of methoxy groups -OCH3 is 2. The van der Waals surface area contributed by atoms with Gasteiger partial charge in [-0.15, -0.1) is 0 Å². The van der Waals surface area contributed by atoms with Gasteiger partial charge in [0, 0.05) is 20.8 Å². The fourth-order valence-electron chi connectivity index (χ4n) is 2.10. The Hall–Kier alpha value is -1.25. The molecule has 0 saturated carbocycles. The van der Waals surface area contributed by atoms with Crippen LogP contribution in [0.5, 0.6) is 0 Å². The lowest BCUT2D eigenvalue weighted by Gasteiger charge is -2.25. The molecule has 0 amide bonds. The zero-order chi connectivity index (χ0) is 16.9. The van der Waals surface area contributed by atoms with Crippen LogP contribution in [0.25, 0.3) is 0 Å². The standard InChI is InChI=1S/C16H21NO4S2/c1-13-4-6-15(7-5-13)23(18,19)17(11-16(20-2)21-3)10-14-8-9-22-12-14/h4-9,12,16H,10-11H2,1-3H3. The van der Waals surface area contributed by atoms with Crippen LogP contribution in [0.3, 0.4) is 0 Å². The lowest BCUT2D eigenvalue weighted by atomic mass is 10.2. The molecule has 0 bridgehead atoms. The fourth-order valence-corrected chi connectivity index (χ4v) is 4.18. The van der Waals surface area contributed by atoms with E-state index in [2.05, 4.69) is 0 Å². The van der Waals surface area contributed by atoms with Crippen LogP contribution in [-0.2, 0) is 26.0 Å². The second kappa shape index (κ2) is 8.03. The van der Waals surface area contributed by atoms with E-state index in [1.807, 2.05) is 23.8 Å². The summed E-state index contributed by atoms with van der Waals surface area (Å²) >= 11 is 1.54. The minimum absolute atomic E-state index is 0.124. The highest BCUT2D eigenvalue weighted by Gasteiger charge is 2.27. The van der Waals surface area contributed by atoms with Crippen molar-refractivity contribution >= 4 is 21.4 Å². The van der Waals surface area contributed by atoms with E-state index < -0.39 is 16.3 Å². The Morgan fingerprint density at radius 2 is 1.78 bits per heavy atom. The van der Waals surface area contributed by atoms with Crippen LogP contribution in [0.1, 0.15) is 11.1 Å². The Morgan fingerprint density at radius 3 is 2.30 bits per heavy atom. The van der Waals surface area contributed by atoms with E-state index in [9.17, 15) is 8.42 Å². The smallest absolute Gasteiger partial charge is 0.243 e. The number of benzene rings is 1. The summed E-state index contributed by atoms with van der Waals surface area (Å²) in [5, 5.41) is 3.86. The Kier molecular flexibility index (Phi) is 6.32. The molecule has 2 rings (SSSR count). The monoisotopic (exact) mass is 355 g/mol. The maximum absolute atomic E-state index is 13.0. The molecule has 7 heteroatoms. The predicted molar refractivity (Wildman–Crippen MR) is 90.9 cm³/mol. The van der Waals surface area contributed by atoms with Gasteiger partial charge in [-0.3, -0.25) is 0 Å². The molecule has 1 heterocycles. The van der Waals surface area contributed by atoms with E-state index in [1.54, 1.807) is 24.3 Å². The molecule has 1 aromatic carbocycles. The summed E-state index contributed by atoms with van der Waals surface area (Å²) in [4.78, 5) is 0.268. The van der Waals surface area contributed by atoms with Crippen LogP contribution < -0.4 is 0 Å². The maximum atomic E-state index is 13.0. The first-order chi connectivity index (χ1) is 11.0. The Labute approximate surface area is 141 Å². The van der Waals surface area contributed by atoms with E-state index in [4.69, 9.17) is 9.47 Å².